The summed E-state index contributed by atoms with van der Waals surface area (Å²) in [5.41, 5.74) is 1.16. The van der Waals surface area contributed by atoms with E-state index in [1.807, 2.05) is 6.07 Å². The largest absolute Gasteiger partial charge is 0.388 e. The van der Waals surface area contributed by atoms with Crippen LogP contribution < -0.4 is 0 Å². The molecule has 2 unspecified atom stereocenters. The maximum Gasteiger partial charge on any atom is 0.225 e. The van der Waals surface area contributed by atoms with Gasteiger partial charge in [0.1, 0.15) is 0 Å². The Balaban J connectivity index is 2.05. The number of nitrogens with zero attached hydrogens (tertiary/aromatic N) is 1. The van der Waals surface area contributed by atoms with Crippen molar-refractivity contribution in [3.8, 4) is 0 Å². The molecule has 122 valence electrons. The Labute approximate surface area is 134 Å². The lowest BCUT2D eigenvalue weighted by molar-refractivity contribution is -0.134. The first-order valence-electron chi connectivity index (χ1n) is 7.33. The second-order valence-corrected chi connectivity index (χ2v) is 5.48. The summed E-state index contributed by atoms with van der Waals surface area (Å²) >= 11 is 0. The van der Waals surface area contributed by atoms with Crippen LogP contribution in [-0.4, -0.2) is 23.0 Å². The van der Waals surface area contributed by atoms with Crippen LogP contribution in [0.5, 0.6) is 0 Å². The molecule has 5 heteroatoms. The van der Waals surface area contributed by atoms with E-state index in [1.54, 1.807) is 38.2 Å². The fourth-order valence-electron chi connectivity index (χ4n) is 2.31. The molecule has 0 aliphatic carbocycles. The number of aliphatic hydroxyl groups excluding tert-OH is 1. The van der Waals surface area contributed by atoms with Crippen LogP contribution in [0.2, 0.25) is 0 Å². The Morgan fingerprint density at radius 1 is 1.09 bits per heavy atom. The molecule has 0 aliphatic heterocycles. The maximum absolute atomic E-state index is 13.3. The van der Waals surface area contributed by atoms with Crippen molar-refractivity contribution in [2.75, 3.05) is 7.05 Å². The molecule has 0 bridgehead atoms. The molecule has 1 N–H and O–H groups in total. The highest BCUT2D eigenvalue weighted by Gasteiger charge is 2.21. The van der Waals surface area contributed by atoms with Gasteiger partial charge in [0, 0.05) is 7.05 Å². The van der Waals surface area contributed by atoms with Gasteiger partial charge >= 0.3 is 0 Å². The first-order chi connectivity index (χ1) is 10.9. The summed E-state index contributed by atoms with van der Waals surface area (Å²) in [5, 5.41) is 10.1. The van der Waals surface area contributed by atoms with E-state index in [2.05, 4.69) is 0 Å². The summed E-state index contributed by atoms with van der Waals surface area (Å²) in [4.78, 5) is 13.7. The Morgan fingerprint density at radius 3 is 2.35 bits per heavy atom. The molecule has 0 saturated heterocycles. The van der Waals surface area contributed by atoms with E-state index in [0.717, 1.165) is 12.1 Å². The van der Waals surface area contributed by atoms with Gasteiger partial charge < -0.3 is 10.0 Å². The first-order valence-corrected chi connectivity index (χ1v) is 7.33. The van der Waals surface area contributed by atoms with Crippen LogP contribution in [0.1, 0.15) is 36.6 Å². The quantitative estimate of drug-likeness (QED) is 0.914. The summed E-state index contributed by atoms with van der Waals surface area (Å²) < 4.78 is 26.3. The molecule has 2 aromatic carbocycles. The molecule has 3 nitrogen and oxygen atoms in total. The minimum Gasteiger partial charge on any atom is -0.388 e. The van der Waals surface area contributed by atoms with Crippen LogP contribution in [0.25, 0.3) is 0 Å². The van der Waals surface area contributed by atoms with Gasteiger partial charge in [-0.1, -0.05) is 36.4 Å². The van der Waals surface area contributed by atoms with Crippen LogP contribution in [-0.2, 0) is 4.79 Å². The van der Waals surface area contributed by atoms with E-state index in [1.165, 1.54) is 11.0 Å². The highest BCUT2D eigenvalue weighted by Crippen LogP contribution is 2.24. The minimum atomic E-state index is -0.945. The number of carbonyl (C=O) groups is 1. The van der Waals surface area contributed by atoms with Gasteiger partial charge in [0.05, 0.1) is 18.6 Å². The highest BCUT2D eigenvalue weighted by molar-refractivity contribution is 5.77. The van der Waals surface area contributed by atoms with Gasteiger partial charge in [-0.25, -0.2) is 8.78 Å². The number of benzene rings is 2. The number of carbonyl (C=O) groups excluding carboxylic acids is 1. The zero-order valence-corrected chi connectivity index (χ0v) is 13.0. The normalized spacial score (nSPS) is 13.4. The number of hydrogen-bond donors (Lipinski definition) is 1. The first kappa shape index (κ1) is 17.1. The smallest absolute Gasteiger partial charge is 0.225 e. The van der Waals surface area contributed by atoms with Crippen molar-refractivity contribution in [1.29, 1.82) is 0 Å². The average Bonchev–Trinajstić information content (AvgIpc) is 2.56. The third-order valence-corrected chi connectivity index (χ3v) is 3.95. The van der Waals surface area contributed by atoms with Crippen molar-refractivity contribution in [1.82, 2.24) is 4.90 Å². The van der Waals surface area contributed by atoms with E-state index in [0.29, 0.717) is 11.1 Å². The molecule has 2 rings (SSSR count). The van der Waals surface area contributed by atoms with Gasteiger partial charge in [-0.15, -0.1) is 0 Å². The maximum atomic E-state index is 13.3. The standard InChI is InChI=1S/C18H19F2NO2/c1-12(14-8-9-15(19)16(20)10-14)21(2)18(23)11-17(22)13-6-4-3-5-7-13/h3-10,12,17,22H,11H2,1-2H3. The second kappa shape index (κ2) is 7.33. The number of hydrogen-bond acceptors (Lipinski definition) is 2. The van der Waals surface area contributed by atoms with Gasteiger partial charge in [0.15, 0.2) is 11.6 Å². The number of amides is 1. The molecular formula is C18H19F2NO2. The predicted molar refractivity (Wildman–Crippen MR) is 83.6 cm³/mol. The lowest BCUT2D eigenvalue weighted by atomic mass is 10.0. The fourth-order valence-corrected chi connectivity index (χ4v) is 2.31. The van der Waals surface area contributed by atoms with E-state index < -0.39 is 23.8 Å². The summed E-state index contributed by atoms with van der Waals surface area (Å²) in [7, 11) is 1.58. The van der Waals surface area contributed by atoms with Crippen LogP contribution >= 0.6 is 0 Å². The monoisotopic (exact) mass is 319 g/mol. The Hall–Kier alpha value is -2.27. The topological polar surface area (TPSA) is 40.5 Å². The molecule has 0 heterocycles. The molecule has 0 aromatic heterocycles. The lowest BCUT2D eigenvalue weighted by Crippen LogP contribution is -2.30. The molecular weight excluding hydrogens is 300 g/mol. The molecule has 23 heavy (non-hydrogen) atoms. The molecule has 0 aliphatic rings. The van der Waals surface area contributed by atoms with Crippen LogP contribution in [0.4, 0.5) is 8.78 Å². The summed E-state index contributed by atoms with van der Waals surface area (Å²) in [6, 6.07) is 12.0. The zero-order chi connectivity index (χ0) is 17.0. The lowest BCUT2D eigenvalue weighted by Gasteiger charge is -2.26. The molecule has 0 spiro atoms. The number of aliphatic hydroxyl groups is 1. The summed E-state index contributed by atoms with van der Waals surface area (Å²) in [6.07, 6.45) is -0.975. The fraction of sp³-hybridized carbons (Fsp3) is 0.278. The predicted octanol–water partition coefficient (Wildman–Crippen LogP) is 3.61. The van der Waals surface area contributed by atoms with Crippen molar-refractivity contribution in [2.24, 2.45) is 0 Å². The third kappa shape index (κ3) is 4.13. The SMILES string of the molecule is CC(c1ccc(F)c(F)c1)N(C)C(=O)CC(O)c1ccccc1. The number of halogens is 2. The molecule has 2 atom stereocenters. The number of rotatable bonds is 5. The van der Waals surface area contributed by atoms with Crippen LogP contribution in [0, 0.1) is 11.6 Å². The van der Waals surface area contributed by atoms with Gasteiger partial charge in [-0.2, -0.15) is 0 Å². The van der Waals surface area contributed by atoms with Crippen molar-refractivity contribution < 1.29 is 18.7 Å². The average molecular weight is 319 g/mol. The minimum absolute atomic E-state index is 0.0749. The van der Waals surface area contributed by atoms with E-state index in [4.69, 9.17) is 0 Å². The Morgan fingerprint density at radius 2 is 1.74 bits per heavy atom. The summed E-state index contributed by atoms with van der Waals surface area (Å²) in [6.45, 7) is 1.72. The van der Waals surface area contributed by atoms with Crippen molar-refractivity contribution >= 4 is 5.91 Å². The van der Waals surface area contributed by atoms with Crippen LogP contribution in [0.15, 0.2) is 48.5 Å². The highest BCUT2D eigenvalue weighted by atomic mass is 19.2. The van der Waals surface area contributed by atoms with E-state index in [-0.39, 0.29) is 12.3 Å². The molecule has 1 amide bonds. The van der Waals surface area contributed by atoms with Crippen molar-refractivity contribution in [2.45, 2.75) is 25.5 Å². The molecule has 0 saturated carbocycles. The van der Waals surface area contributed by atoms with Crippen molar-refractivity contribution in [3.05, 3.63) is 71.3 Å². The zero-order valence-electron chi connectivity index (χ0n) is 13.0. The van der Waals surface area contributed by atoms with E-state index in [9.17, 15) is 18.7 Å². The Bertz CT molecular complexity index is 676. The van der Waals surface area contributed by atoms with Crippen LogP contribution in [0.3, 0.4) is 0 Å². The van der Waals surface area contributed by atoms with Gasteiger partial charge in [-0.05, 0) is 30.2 Å². The van der Waals surface area contributed by atoms with Gasteiger partial charge in [0.25, 0.3) is 0 Å². The van der Waals surface area contributed by atoms with E-state index >= 15 is 0 Å². The van der Waals surface area contributed by atoms with Gasteiger partial charge in [0.2, 0.25) is 5.91 Å². The molecule has 0 fully saturated rings. The van der Waals surface area contributed by atoms with Crippen molar-refractivity contribution in [3.63, 3.8) is 0 Å². The second-order valence-electron chi connectivity index (χ2n) is 5.48. The molecule has 0 radical (unpaired) electrons. The molecule has 2 aromatic rings. The Kier molecular flexibility index (Phi) is 5.45. The summed E-state index contributed by atoms with van der Waals surface area (Å²) in [5.74, 6) is -2.15. The van der Waals surface area contributed by atoms with Gasteiger partial charge in [-0.3, -0.25) is 4.79 Å². The third-order valence-electron chi connectivity index (χ3n) is 3.95.